The summed E-state index contributed by atoms with van der Waals surface area (Å²) >= 11 is 11.1. The molecule has 0 aliphatic carbocycles. The van der Waals surface area contributed by atoms with Crippen molar-refractivity contribution < 1.29 is 0 Å². The summed E-state index contributed by atoms with van der Waals surface area (Å²) in [6.07, 6.45) is 1.20. The van der Waals surface area contributed by atoms with E-state index < -0.39 is 0 Å². The highest BCUT2D eigenvalue weighted by molar-refractivity contribution is 9.10. The number of hydrogen-bond acceptors (Lipinski definition) is 3. The summed E-state index contributed by atoms with van der Waals surface area (Å²) in [5.74, 6) is 2.95. The highest BCUT2D eigenvalue weighted by Crippen LogP contribution is 2.32. The first-order valence-corrected chi connectivity index (χ1v) is 6.36. The zero-order valence-corrected chi connectivity index (χ0v) is 9.99. The maximum Gasteiger partial charge on any atom is 0.165 e. The van der Waals surface area contributed by atoms with Gasteiger partial charge in [-0.05, 0) is 34.2 Å². The fourth-order valence-corrected chi connectivity index (χ4v) is 2.98. The average molecular weight is 280 g/mol. The van der Waals surface area contributed by atoms with Crippen LogP contribution in [-0.2, 0) is 0 Å². The first-order chi connectivity index (χ1) is 6.27. The minimum atomic E-state index is 0.439. The Hall–Kier alpha value is 0.200. The van der Waals surface area contributed by atoms with Crippen molar-refractivity contribution in [2.24, 2.45) is 0 Å². The molecule has 1 aromatic heterocycles. The highest BCUT2D eigenvalue weighted by atomic mass is 79.9. The Morgan fingerprint density at radius 1 is 1.54 bits per heavy atom. The van der Waals surface area contributed by atoms with E-state index in [9.17, 15) is 0 Å². The third-order valence-electron chi connectivity index (χ3n) is 2.07. The number of rotatable bonds is 1. The lowest BCUT2D eigenvalue weighted by atomic mass is 10.1. The molecule has 2 nitrogen and oxygen atoms in total. The molecule has 0 radical (unpaired) electrons. The van der Waals surface area contributed by atoms with Gasteiger partial charge in [-0.1, -0.05) is 11.6 Å². The van der Waals surface area contributed by atoms with E-state index in [-0.39, 0.29) is 0 Å². The molecule has 1 unspecified atom stereocenters. The second-order valence-electron chi connectivity index (χ2n) is 2.97. The van der Waals surface area contributed by atoms with Gasteiger partial charge in [0.05, 0.1) is 10.2 Å². The molecule has 0 spiro atoms. The molecule has 13 heavy (non-hydrogen) atoms. The number of aromatic nitrogens is 2. The van der Waals surface area contributed by atoms with Crippen LogP contribution in [0.4, 0.5) is 0 Å². The van der Waals surface area contributed by atoms with E-state index in [4.69, 9.17) is 11.6 Å². The number of hydrogen-bond donors (Lipinski definition) is 0. The third kappa shape index (κ3) is 2.17. The molecule has 70 valence electrons. The van der Waals surface area contributed by atoms with E-state index in [0.29, 0.717) is 11.1 Å². The van der Waals surface area contributed by atoms with E-state index in [0.717, 1.165) is 15.9 Å². The highest BCUT2D eigenvalue weighted by Gasteiger charge is 2.19. The van der Waals surface area contributed by atoms with Gasteiger partial charge in [-0.2, -0.15) is 16.9 Å². The number of thioether (sulfide) groups is 1. The van der Waals surface area contributed by atoms with Gasteiger partial charge in [0.15, 0.2) is 5.15 Å². The molecule has 1 aromatic rings. The minimum absolute atomic E-state index is 0.439. The summed E-state index contributed by atoms with van der Waals surface area (Å²) in [5.41, 5.74) is 1.06. The van der Waals surface area contributed by atoms with Crippen LogP contribution < -0.4 is 0 Å². The van der Waals surface area contributed by atoms with Crippen molar-refractivity contribution in [3.8, 4) is 0 Å². The molecule has 0 bridgehead atoms. The molecule has 0 aromatic carbocycles. The normalized spacial score (nSPS) is 22.2. The lowest BCUT2D eigenvalue weighted by Crippen LogP contribution is -2.01. The van der Waals surface area contributed by atoms with E-state index in [1.807, 2.05) is 17.8 Å². The van der Waals surface area contributed by atoms with Gasteiger partial charge in [0, 0.05) is 11.7 Å². The van der Waals surface area contributed by atoms with Crippen LogP contribution >= 0.6 is 39.3 Å². The maximum absolute atomic E-state index is 5.76. The second kappa shape index (κ2) is 4.15. The largest absolute Gasteiger partial charge is 0.165 e. The molecule has 1 fully saturated rings. The van der Waals surface area contributed by atoms with E-state index in [2.05, 4.69) is 26.1 Å². The topological polar surface area (TPSA) is 25.8 Å². The fourth-order valence-electron chi connectivity index (χ4n) is 1.33. The Bertz CT molecular complexity index is 315. The van der Waals surface area contributed by atoms with Gasteiger partial charge >= 0.3 is 0 Å². The lowest BCUT2D eigenvalue weighted by Gasteiger charge is -2.06. The van der Waals surface area contributed by atoms with Crippen LogP contribution in [0.15, 0.2) is 10.5 Å². The van der Waals surface area contributed by atoms with Gasteiger partial charge in [0.2, 0.25) is 0 Å². The van der Waals surface area contributed by atoms with Gasteiger partial charge < -0.3 is 0 Å². The summed E-state index contributed by atoms with van der Waals surface area (Å²) < 4.78 is 0.844. The second-order valence-corrected chi connectivity index (χ2v) is 5.33. The van der Waals surface area contributed by atoms with Crippen LogP contribution in [0.2, 0.25) is 5.15 Å². The molecular formula is C8H8BrClN2S. The Labute approximate surface area is 94.6 Å². The first-order valence-electron chi connectivity index (χ1n) is 4.04. The van der Waals surface area contributed by atoms with Gasteiger partial charge in [-0.3, -0.25) is 0 Å². The Morgan fingerprint density at radius 2 is 2.38 bits per heavy atom. The molecule has 1 saturated heterocycles. The summed E-state index contributed by atoms with van der Waals surface area (Å²) in [4.78, 5) is 0. The molecule has 0 N–H and O–H groups in total. The Balaban J connectivity index is 2.25. The molecule has 1 atom stereocenters. The lowest BCUT2D eigenvalue weighted by molar-refractivity contribution is 0.727. The molecule has 2 rings (SSSR count). The van der Waals surface area contributed by atoms with Crippen molar-refractivity contribution in [1.82, 2.24) is 10.2 Å². The molecule has 1 aliphatic heterocycles. The van der Waals surface area contributed by atoms with Gasteiger partial charge in [0.1, 0.15) is 0 Å². The van der Waals surface area contributed by atoms with Crippen LogP contribution in [0, 0.1) is 0 Å². The monoisotopic (exact) mass is 278 g/mol. The van der Waals surface area contributed by atoms with Crippen LogP contribution in [-0.4, -0.2) is 21.7 Å². The molecule has 1 aliphatic rings. The summed E-state index contributed by atoms with van der Waals surface area (Å²) in [5, 5.41) is 8.42. The van der Waals surface area contributed by atoms with Gasteiger partial charge in [0.25, 0.3) is 0 Å². The minimum Gasteiger partial charge on any atom is -0.161 e. The SMILES string of the molecule is Clc1nnc(C2CCSC2)cc1Br. The average Bonchev–Trinajstić information content (AvgIpc) is 2.62. The van der Waals surface area contributed by atoms with Gasteiger partial charge in [-0.15, -0.1) is 5.10 Å². The van der Waals surface area contributed by atoms with Crippen molar-refractivity contribution >= 4 is 39.3 Å². The van der Waals surface area contributed by atoms with Crippen molar-refractivity contribution in [3.63, 3.8) is 0 Å². The van der Waals surface area contributed by atoms with Crippen molar-refractivity contribution in [2.75, 3.05) is 11.5 Å². The quantitative estimate of drug-likeness (QED) is 0.790. The van der Waals surface area contributed by atoms with Crippen LogP contribution in [0.3, 0.4) is 0 Å². The predicted molar refractivity (Wildman–Crippen MR) is 59.4 cm³/mol. The van der Waals surface area contributed by atoms with E-state index >= 15 is 0 Å². The maximum atomic E-state index is 5.76. The Morgan fingerprint density at radius 3 is 3.00 bits per heavy atom. The molecule has 2 heterocycles. The third-order valence-corrected chi connectivity index (χ3v) is 4.35. The predicted octanol–water partition coefficient (Wildman–Crippen LogP) is 3.11. The van der Waals surface area contributed by atoms with Gasteiger partial charge in [-0.25, -0.2) is 0 Å². The standard InChI is InChI=1S/C8H8BrClN2S/c9-6-3-7(11-12-8(6)10)5-1-2-13-4-5/h3,5H,1-2,4H2. The number of halogens is 2. The van der Waals surface area contributed by atoms with Crippen LogP contribution in [0.5, 0.6) is 0 Å². The first kappa shape index (κ1) is 9.74. The smallest absolute Gasteiger partial charge is 0.161 e. The molecule has 0 amide bonds. The fraction of sp³-hybridized carbons (Fsp3) is 0.500. The van der Waals surface area contributed by atoms with E-state index in [1.165, 1.54) is 12.2 Å². The molecule has 5 heteroatoms. The summed E-state index contributed by atoms with van der Waals surface area (Å²) in [6, 6.07) is 1.98. The van der Waals surface area contributed by atoms with Crippen LogP contribution in [0.1, 0.15) is 18.0 Å². The van der Waals surface area contributed by atoms with Crippen molar-refractivity contribution in [1.29, 1.82) is 0 Å². The number of nitrogens with zero attached hydrogens (tertiary/aromatic N) is 2. The summed E-state index contributed by atoms with van der Waals surface area (Å²) in [6.45, 7) is 0. The Kier molecular flexibility index (Phi) is 3.11. The van der Waals surface area contributed by atoms with Crippen molar-refractivity contribution in [2.45, 2.75) is 12.3 Å². The van der Waals surface area contributed by atoms with Crippen LogP contribution in [0.25, 0.3) is 0 Å². The molecule has 0 saturated carbocycles. The van der Waals surface area contributed by atoms with Crippen molar-refractivity contribution in [3.05, 3.63) is 21.4 Å². The molecular weight excluding hydrogens is 272 g/mol. The zero-order valence-electron chi connectivity index (χ0n) is 6.83. The van der Waals surface area contributed by atoms with E-state index in [1.54, 1.807) is 0 Å². The summed E-state index contributed by atoms with van der Waals surface area (Å²) in [7, 11) is 0. The zero-order chi connectivity index (χ0) is 9.26.